The van der Waals surface area contributed by atoms with E-state index in [1.165, 1.54) is 23.1 Å². The molecule has 0 fully saturated rings. The largest absolute Gasteiger partial charge is 0.462 e. The van der Waals surface area contributed by atoms with Gasteiger partial charge in [-0.2, -0.15) is 0 Å². The third-order valence-electron chi connectivity index (χ3n) is 5.54. The van der Waals surface area contributed by atoms with Crippen LogP contribution in [0.2, 0.25) is 0 Å². The maximum atomic E-state index is 13.1. The number of thioether (sulfide) groups is 1. The minimum absolute atomic E-state index is 0.0554. The number of benzene rings is 1. The van der Waals surface area contributed by atoms with Crippen molar-refractivity contribution in [1.29, 1.82) is 0 Å². The first kappa shape index (κ1) is 24.4. The zero-order valence-corrected chi connectivity index (χ0v) is 20.9. The first-order valence-electron chi connectivity index (χ1n) is 11.3. The zero-order chi connectivity index (χ0) is 24.1. The van der Waals surface area contributed by atoms with Crippen LogP contribution >= 0.6 is 23.1 Å². The molecular formula is C24H27N3O5S2. The van der Waals surface area contributed by atoms with Crippen molar-refractivity contribution < 1.29 is 19.1 Å². The number of hydrogen-bond donors (Lipinski definition) is 1. The Kier molecular flexibility index (Phi) is 8.02. The molecule has 180 valence electrons. The van der Waals surface area contributed by atoms with Gasteiger partial charge in [-0.05, 0) is 50.3 Å². The maximum absolute atomic E-state index is 13.1. The van der Waals surface area contributed by atoms with Gasteiger partial charge < -0.3 is 14.8 Å². The topological polar surface area (TPSA) is 99.5 Å². The molecule has 0 saturated carbocycles. The Morgan fingerprint density at radius 1 is 1.26 bits per heavy atom. The van der Waals surface area contributed by atoms with E-state index >= 15 is 0 Å². The molecule has 0 unspecified atom stereocenters. The zero-order valence-electron chi connectivity index (χ0n) is 19.2. The number of fused-ring (bicyclic) bond motifs is 2. The Morgan fingerprint density at radius 2 is 2.09 bits per heavy atom. The van der Waals surface area contributed by atoms with Gasteiger partial charge in [-0.25, -0.2) is 9.78 Å². The summed E-state index contributed by atoms with van der Waals surface area (Å²) in [6.45, 7) is 3.01. The molecule has 2 aromatic heterocycles. The lowest BCUT2D eigenvalue weighted by Crippen LogP contribution is -2.25. The van der Waals surface area contributed by atoms with Crippen LogP contribution < -0.4 is 10.9 Å². The second-order valence-electron chi connectivity index (χ2n) is 7.83. The van der Waals surface area contributed by atoms with Crippen LogP contribution in [-0.2, 0) is 33.7 Å². The summed E-state index contributed by atoms with van der Waals surface area (Å²) in [6.07, 6.45) is 3.39. The lowest BCUT2D eigenvalue weighted by atomic mass is 10.1. The fourth-order valence-corrected chi connectivity index (χ4v) is 6.15. The van der Waals surface area contributed by atoms with Gasteiger partial charge in [0.15, 0.2) is 5.16 Å². The number of anilines is 1. The van der Waals surface area contributed by atoms with E-state index in [0.717, 1.165) is 29.7 Å². The Balaban J connectivity index is 1.53. The summed E-state index contributed by atoms with van der Waals surface area (Å²) in [7, 11) is 1.62. The molecular weight excluding hydrogens is 474 g/mol. The smallest absolute Gasteiger partial charge is 0.341 e. The Labute approximate surface area is 205 Å². The first-order chi connectivity index (χ1) is 16.5. The molecule has 0 saturated heterocycles. The number of nitrogens with zero attached hydrogens (tertiary/aromatic N) is 2. The molecule has 2 heterocycles. The summed E-state index contributed by atoms with van der Waals surface area (Å²) in [5, 5.41) is 4.46. The SMILES string of the molecule is CCOC(=O)c1c(NC(=O)CSc2nc3ccccc3c(=O)n2CCCOC)sc2c1CCC2. The number of carbonyl (C=O) groups excluding carboxylic acids is 2. The highest BCUT2D eigenvalue weighted by Crippen LogP contribution is 2.39. The molecule has 1 N–H and O–H groups in total. The van der Waals surface area contributed by atoms with E-state index in [4.69, 9.17) is 9.47 Å². The number of aromatic nitrogens is 2. The Morgan fingerprint density at radius 3 is 2.88 bits per heavy atom. The number of esters is 1. The van der Waals surface area contributed by atoms with Crippen molar-refractivity contribution in [1.82, 2.24) is 9.55 Å². The van der Waals surface area contributed by atoms with Crippen LogP contribution in [0.5, 0.6) is 0 Å². The van der Waals surface area contributed by atoms with Gasteiger partial charge >= 0.3 is 5.97 Å². The van der Waals surface area contributed by atoms with Crippen LogP contribution in [0, 0.1) is 0 Å². The number of thiophene rings is 1. The van der Waals surface area contributed by atoms with Gasteiger partial charge in [-0.15, -0.1) is 11.3 Å². The molecule has 8 nitrogen and oxygen atoms in total. The number of carbonyl (C=O) groups is 2. The molecule has 10 heteroatoms. The van der Waals surface area contributed by atoms with Gasteiger partial charge in [0, 0.05) is 25.1 Å². The highest BCUT2D eigenvalue weighted by Gasteiger charge is 2.28. The number of hydrogen-bond acceptors (Lipinski definition) is 8. The Hall–Kier alpha value is -2.69. The first-order valence-corrected chi connectivity index (χ1v) is 13.1. The minimum atomic E-state index is -0.395. The summed E-state index contributed by atoms with van der Waals surface area (Å²) in [5.41, 5.74) is 1.94. The van der Waals surface area contributed by atoms with E-state index in [1.54, 1.807) is 30.7 Å². The fraction of sp³-hybridized carbons (Fsp3) is 0.417. The second-order valence-corrected chi connectivity index (χ2v) is 9.88. The molecule has 1 aliphatic rings. The molecule has 3 aromatic rings. The van der Waals surface area contributed by atoms with Gasteiger partial charge in [-0.1, -0.05) is 23.9 Å². The molecule has 34 heavy (non-hydrogen) atoms. The third-order valence-corrected chi connectivity index (χ3v) is 7.73. The normalized spacial score (nSPS) is 12.6. The van der Waals surface area contributed by atoms with Crippen LogP contribution in [0.25, 0.3) is 10.9 Å². The minimum Gasteiger partial charge on any atom is -0.462 e. The molecule has 1 amide bonds. The van der Waals surface area contributed by atoms with Crippen LogP contribution in [0.15, 0.2) is 34.2 Å². The summed E-state index contributed by atoms with van der Waals surface area (Å²) in [4.78, 5) is 44.2. The number of amides is 1. The molecule has 4 rings (SSSR count). The van der Waals surface area contributed by atoms with Gasteiger partial charge in [0.1, 0.15) is 5.00 Å². The molecule has 0 radical (unpaired) electrons. The number of para-hydroxylation sites is 1. The van der Waals surface area contributed by atoms with Gasteiger partial charge in [0.25, 0.3) is 5.56 Å². The highest BCUT2D eigenvalue weighted by molar-refractivity contribution is 7.99. The van der Waals surface area contributed by atoms with Crippen molar-refractivity contribution in [2.75, 3.05) is 31.4 Å². The van der Waals surface area contributed by atoms with E-state index in [9.17, 15) is 14.4 Å². The average molecular weight is 502 g/mol. The quantitative estimate of drug-likeness (QED) is 0.195. The summed E-state index contributed by atoms with van der Waals surface area (Å²) < 4.78 is 12.0. The van der Waals surface area contributed by atoms with Crippen LogP contribution in [-0.4, -0.2) is 47.5 Å². The van der Waals surface area contributed by atoms with Gasteiger partial charge in [0.2, 0.25) is 5.91 Å². The average Bonchev–Trinajstić information content (AvgIpc) is 3.40. The van der Waals surface area contributed by atoms with Crippen molar-refractivity contribution in [2.45, 2.75) is 44.3 Å². The highest BCUT2D eigenvalue weighted by atomic mass is 32.2. The molecule has 0 atom stereocenters. The van der Waals surface area contributed by atoms with Crippen LogP contribution in [0.1, 0.15) is 40.6 Å². The number of ether oxygens (including phenoxy) is 2. The molecule has 0 aliphatic heterocycles. The fourth-order valence-electron chi connectivity index (χ4n) is 4.03. The standard InChI is InChI=1S/C24H27N3O5S2/c1-3-32-23(30)20-16-9-6-11-18(16)34-21(20)26-19(28)14-33-24-25-17-10-5-4-8-15(17)22(29)27(24)12-7-13-31-2/h4-5,8,10H,3,6-7,9,11-14H2,1-2H3,(H,26,28). The van der Waals surface area contributed by atoms with Crippen molar-refractivity contribution in [3.63, 3.8) is 0 Å². The molecule has 1 aromatic carbocycles. The second kappa shape index (κ2) is 11.2. The lowest BCUT2D eigenvalue weighted by Gasteiger charge is -2.13. The monoisotopic (exact) mass is 501 g/mol. The van der Waals surface area contributed by atoms with Crippen LogP contribution in [0.4, 0.5) is 5.00 Å². The number of nitrogens with one attached hydrogen (secondary N) is 1. The van der Waals surface area contributed by atoms with E-state index < -0.39 is 5.97 Å². The summed E-state index contributed by atoms with van der Waals surface area (Å²) in [5.74, 6) is -0.603. The molecule has 1 aliphatic carbocycles. The molecule has 0 bridgehead atoms. The number of methoxy groups -OCH3 is 1. The summed E-state index contributed by atoms with van der Waals surface area (Å²) in [6, 6.07) is 7.19. The molecule has 0 spiro atoms. The Bertz CT molecular complexity index is 1270. The van der Waals surface area contributed by atoms with E-state index in [-0.39, 0.29) is 23.8 Å². The van der Waals surface area contributed by atoms with Crippen molar-refractivity contribution >= 4 is 50.9 Å². The van der Waals surface area contributed by atoms with Crippen molar-refractivity contribution in [3.8, 4) is 0 Å². The number of rotatable bonds is 10. The van der Waals surface area contributed by atoms with Gasteiger partial charge in [-0.3, -0.25) is 14.2 Å². The predicted octanol–water partition coefficient (Wildman–Crippen LogP) is 3.89. The van der Waals surface area contributed by atoms with Crippen molar-refractivity contribution in [2.24, 2.45) is 0 Å². The number of aryl methyl sites for hydroxylation is 1. The van der Waals surface area contributed by atoms with Gasteiger partial charge in [0.05, 0.1) is 28.8 Å². The van der Waals surface area contributed by atoms with E-state index in [2.05, 4.69) is 10.3 Å². The summed E-state index contributed by atoms with van der Waals surface area (Å²) >= 11 is 2.65. The van der Waals surface area contributed by atoms with Crippen LogP contribution in [0.3, 0.4) is 0 Å². The third kappa shape index (κ3) is 5.18. The lowest BCUT2D eigenvalue weighted by molar-refractivity contribution is -0.113. The maximum Gasteiger partial charge on any atom is 0.341 e. The van der Waals surface area contributed by atoms with Crippen molar-refractivity contribution in [3.05, 3.63) is 50.6 Å². The van der Waals surface area contributed by atoms with E-state index in [1.807, 2.05) is 12.1 Å². The van der Waals surface area contributed by atoms with E-state index in [0.29, 0.717) is 46.2 Å². The predicted molar refractivity (Wildman–Crippen MR) is 134 cm³/mol.